The average molecular weight is 311 g/mol. The van der Waals surface area contributed by atoms with Gasteiger partial charge in [-0.1, -0.05) is 31.4 Å². The van der Waals surface area contributed by atoms with Gasteiger partial charge in [0.1, 0.15) is 0 Å². The predicted octanol–water partition coefficient (Wildman–Crippen LogP) is 0.612. The second kappa shape index (κ2) is 6.13. The van der Waals surface area contributed by atoms with Gasteiger partial charge < -0.3 is 11.1 Å². The first kappa shape index (κ1) is 15.9. The molecule has 1 aliphatic carbocycles. The van der Waals surface area contributed by atoms with E-state index >= 15 is 0 Å². The number of carbonyl (C=O) groups is 1. The van der Waals surface area contributed by atoms with E-state index in [1.807, 2.05) is 0 Å². The minimum Gasteiger partial charge on any atom is -0.350 e. The van der Waals surface area contributed by atoms with Gasteiger partial charge >= 0.3 is 0 Å². The molecule has 0 unspecified atom stereocenters. The van der Waals surface area contributed by atoms with E-state index in [4.69, 9.17) is 10.9 Å². The summed E-state index contributed by atoms with van der Waals surface area (Å²) in [5.74, 6) is -0.178. The van der Waals surface area contributed by atoms with Crippen molar-refractivity contribution in [2.75, 3.05) is 0 Å². The molecule has 21 heavy (non-hydrogen) atoms. The summed E-state index contributed by atoms with van der Waals surface area (Å²) in [4.78, 5) is 12.2. The van der Waals surface area contributed by atoms with Gasteiger partial charge in [-0.3, -0.25) is 4.79 Å². The van der Waals surface area contributed by atoms with Gasteiger partial charge in [0.05, 0.1) is 10.4 Å². The zero-order valence-electron chi connectivity index (χ0n) is 11.8. The minimum atomic E-state index is -3.73. The molecule has 0 radical (unpaired) electrons. The quantitative estimate of drug-likeness (QED) is 0.755. The third-order valence-corrected chi connectivity index (χ3v) is 4.79. The third kappa shape index (κ3) is 4.03. The Morgan fingerprint density at radius 3 is 2.52 bits per heavy atom. The molecule has 1 saturated carbocycles. The second-order valence-electron chi connectivity index (χ2n) is 5.59. The lowest BCUT2D eigenvalue weighted by Gasteiger charge is -2.31. The highest BCUT2D eigenvalue weighted by Gasteiger charge is 2.34. The van der Waals surface area contributed by atoms with E-state index in [9.17, 15) is 13.2 Å². The Labute approximate surface area is 124 Å². The molecule has 1 aliphatic rings. The van der Waals surface area contributed by atoms with Gasteiger partial charge in [0, 0.05) is 6.54 Å². The molecule has 2 rings (SSSR count). The second-order valence-corrected chi connectivity index (χ2v) is 7.15. The van der Waals surface area contributed by atoms with Gasteiger partial charge in [-0.25, -0.2) is 13.6 Å². The Balaban J connectivity index is 2.01. The summed E-state index contributed by atoms with van der Waals surface area (Å²) in [6, 6.07) is 6.21. The lowest BCUT2D eigenvalue weighted by atomic mass is 9.82. The largest absolute Gasteiger partial charge is 0.350 e. The summed E-state index contributed by atoms with van der Waals surface area (Å²) in [5, 5.41) is 7.87. The zero-order chi connectivity index (χ0) is 15.5. The molecule has 1 amide bonds. The number of nitrogens with two attached hydrogens (primary N) is 2. The van der Waals surface area contributed by atoms with Gasteiger partial charge in [-0.05, 0) is 30.5 Å². The van der Waals surface area contributed by atoms with E-state index in [1.165, 1.54) is 12.1 Å². The first-order chi connectivity index (χ1) is 9.81. The van der Waals surface area contributed by atoms with Crippen LogP contribution in [0.2, 0.25) is 0 Å². The molecular weight excluding hydrogens is 290 g/mol. The van der Waals surface area contributed by atoms with Crippen LogP contribution in [0.1, 0.15) is 37.7 Å². The van der Waals surface area contributed by atoms with Crippen molar-refractivity contribution in [3.63, 3.8) is 0 Å². The number of primary sulfonamides is 1. The van der Waals surface area contributed by atoms with Crippen LogP contribution in [0.4, 0.5) is 0 Å². The number of nitrogens with one attached hydrogen (secondary N) is 1. The van der Waals surface area contributed by atoms with E-state index in [1.54, 1.807) is 12.1 Å². The van der Waals surface area contributed by atoms with Gasteiger partial charge in [-0.15, -0.1) is 0 Å². The highest BCUT2D eigenvalue weighted by atomic mass is 32.2. The molecule has 0 bridgehead atoms. The Morgan fingerprint density at radius 1 is 1.24 bits per heavy atom. The molecule has 7 heteroatoms. The van der Waals surface area contributed by atoms with Crippen molar-refractivity contribution in [1.82, 2.24) is 5.32 Å². The molecule has 5 N–H and O–H groups in total. The smallest absolute Gasteiger partial charge is 0.240 e. The Kier molecular flexibility index (Phi) is 4.65. The SMILES string of the molecule is NC1(C(=O)NCc2cccc(S(N)(=O)=O)c2)CCCCC1. The van der Waals surface area contributed by atoms with Crippen LogP contribution in [0.25, 0.3) is 0 Å². The average Bonchev–Trinajstić information content (AvgIpc) is 2.45. The molecule has 0 aromatic heterocycles. The molecule has 0 saturated heterocycles. The molecule has 1 fully saturated rings. The summed E-state index contributed by atoms with van der Waals surface area (Å²) in [6.45, 7) is 0.237. The first-order valence-corrected chi connectivity index (χ1v) is 8.55. The van der Waals surface area contributed by atoms with Gasteiger partial charge in [0.2, 0.25) is 15.9 Å². The number of amides is 1. The lowest BCUT2D eigenvalue weighted by molar-refractivity contribution is -0.127. The molecule has 116 valence electrons. The van der Waals surface area contributed by atoms with Gasteiger partial charge in [-0.2, -0.15) is 0 Å². The summed E-state index contributed by atoms with van der Waals surface area (Å²) in [6.07, 6.45) is 4.42. The fourth-order valence-corrected chi connectivity index (χ4v) is 3.18. The van der Waals surface area contributed by atoms with Crippen molar-refractivity contribution in [3.05, 3.63) is 29.8 Å². The van der Waals surface area contributed by atoms with E-state index in [0.29, 0.717) is 18.4 Å². The topological polar surface area (TPSA) is 115 Å². The molecule has 6 nitrogen and oxygen atoms in total. The zero-order valence-corrected chi connectivity index (χ0v) is 12.7. The Bertz CT molecular complexity index is 622. The number of hydrogen-bond donors (Lipinski definition) is 3. The number of benzene rings is 1. The fraction of sp³-hybridized carbons (Fsp3) is 0.500. The van der Waals surface area contributed by atoms with Crippen LogP contribution in [0.5, 0.6) is 0 Å². The summed E-state index contributed by atoms with van der Waals surface area (Å²) in [5.41, 5.74) is 6.02. The van der Waals surface area contributed by atoms with E-state index in [2.05, 4.69) is 5.32 Å². The molecule has 0 aliphatic heterocycles. The maximum Gasteiger partial charge on any atom is 0.240 e. The van der Waals surface area contributed by atoms with E-state index in [0.717, 1.165) is 19.3 Å². The van der Waals surface area contributed by atoms with E-state index in [-0.39, 0.29) is 17.3 Å². The molecular formula is C14H21N3O3S. The molecule has 0 heterocycles. The molecule has 0 spiro atoms. The van der Waals surface area contributed by atoms with Crippen LogP contribution in [0, 0.1) is 0 Å². The summed E-state index contributed by atoms with van der Waals surface area (Å²) in [7, 11) is -3.73. The number of hydrogen-bond acceptors (Lipinski definition) is 4. The highest BCUT2D eigenvalue weighted by Crippen LogP contribution is 2.26. The van der Waals surface area contributed by atoms with Crippen LogP contribution < -0.4 is 16.2 Å². The molecule has 0 atom stereocenters. The van der Waals surface area contributed by atoms with E-state index < -0.39 is 15.6 Å². The fourth-order valence-electron chi connectivity index (χ4n) is 2.60. The van der Waals surface area contributed by atoms with Crippen molar-refractivity contribution in [1.29, 1.82) is 0 Å². The van der Waals surface area contributed by atoms with Crippen molar-refractivity contribution in [3.8, 4) is 0 Å². The van der Waals surface area contributed by atoms with Crippen molar-refractivity contribution < 1.29 is 13.2 Å². The maximum absolute atomic E-state index is 12.2. The summed E-state index contributed by atoms with van der Waals surface area (Å²) >= 11 is 0. The third-order valence-electron chi connectivity index (χ3n) is 3.88. The van der Waals surface area contributed by atoms with Gasteiger partial charge in [0.25, 0.3) is 0 Å². The van der Waals surface area contributed by atoms with Crippen LogP contribution in [0.3, 0.4) is 0 Å². The normalized spacial score (nSPS) is 18.2. The lowest BCUT2D eigenvalue weighted by Crippen LogP contribution is -2.54. The van der Waals surface area contributed by atoms with Crippen molar-refractivity contribution >= 4 is 15.9 Å². The standard InChI is InChI=1S/C14H21N3O3S/c15-14(7-2-1-3-8-14)13(18)17-10-11-5-4-6-12(9-11)21(16,19)20/h4-6,9H,1-3,7-8,10,15H2,(H,17,18)(H2,16,19,20). The highest BCUT2D eigenvalue weighted by molar-refractivity contribution is 7.89. The van der Waals surface area contributed by atoms with Crippen LogP contribution in [0.15, 0.2) is 29.2 Å². The van der Waals surface area contributed by atoms with Crippen LogP contribution in [-0.4, -0.2) is 19.9 Å². The maximum atomic E-state index is 12.2. The molecule has 1 aromatic carbocycles. The Morgan fingerprint density at radius 2 is 1.90 bits per heavy atom. The minimum absolute atomic E-state index is 0.0365. The monoisotopic (exact) mass is 311 g/mol. The number of carbonyl (C=O) groups excluding carboxylic acids is 1. The first-order valence-electron chi connectivity index (χ1n) is 7.00. The Hall–Kier alpha value is -1.44. The number of sulfonamides is 1. The van der Waals surface area contributed by atoms with Crippen LogP contribution >= 0.6 is 0 Å². The molecule has 1 aromatic rings. The summed E-state index contributed by atoms with van der Waals surface area (Å²) < 4.78 is 22.6. The van der Waals surface area contributed by atoms with Crippen LogP contribution in [-0.2, 0) is 21.4 Å². The van der Waals surface area contributed by atoms with Gasteiger partial charge in [0.15, 0.2) is 0 Å². The number of rotatable bonds is 4. The van der Waals surface area contributed by atoms with Crippen molar-refractivity contribution in [2.45, 2.75) is 49.1 Å². The van der Waals surface area contributed by atoms with Crippen molar-refractivity contribution in [2.24, 2.45) is 10.9 Å². The predicted molar refractivity (Wildman–Crippen MR) is 79.7 cm³/mol.